The predicted octanol–water partition coefficient (Wildman–Crippen LogP) is 2.50. The van der Waals surface area contributed by atoms with Gasteiger partial charge in [-0.15, -0.1) is 0 Å². The van der Waals surface area contributed by atoms with E-state index in [0.29, 0.717) is 25.4 Å². The third-order valence-corrected chi connectivity index (χ3v) is 2.81. The van der Waals surface area contributed by atoms with Gasteiger partial charge in [0.1, 0.15) is 5.76 Å². The maximum atomic E-state index is 13.5. The number of fused-ring (bicyclic) bond motifs is 1. The van der Waals surface area contributed by atoms with E-state index in [1.54, 1.807) is 12.1 Å². The molecule has 1 unspecified atom stereocenters. The Morgan fingerprint density at radius 3 is 3.00 bits per heavy atom. The molecule has 0 aliphatic rings. The Balaban J connectivity index is 2.20. The number of nitrogens with two attached hydrogens (primary N) is 1. The van der Waals surface area contributed by atoms with Crippen LogP contribution in [0, 0.1) is 5.82 Å². The van der Waals surface area contributed by atoms with Crippen LogP contribution in [-0.2, 0) is 4.74 Å². The molecule has 1 atom stereocenters. The predicted molar refractivity (Wildman–Crippen MR) is 67.3 cm³/mol. The Morgan fingerprint density at radius 1 is 1.50 bits per heavy atom. The van der Waals surface area contributed by atoms with Gasteiger partial charge in [-0.3, -0.25) is 5.84 Å². The van der Waals surface area contributed by atoms with Gasteiger partial charge in [-0.05, 0) is 25.5 Å². The standard InChI is InChI=1S/C13H17FN2O2/c1-2-17-7-6-11(16-15)12-8-9-4-3-5-10(14)13(9)18-12/h3-5,8,11,16H,2,6-7,15H2,1H3. The Kier molecular flexibility index (Phi) is 4.30. The molecule has 0 aliphatic carbocycles. The zero-order chi connectivity index (χ0) is 13.0. The number of furan rings is 1. The summed E-state index contributed by atoms with van der Waals surface area (Å²) in [5.41, 5.74) is 2.93. The fraction of sp³-hybridized carbons (Fsp3) is 0.385. The molecule has 98 valence electrons. The summed E-state index contributed by atoms with van der Waals surface area (Å²) < 4.78 is 24.3. The lowest BCUT2D eigenvalue weighted by atomic mass is 10.1. The van der Waals surface area contributed by atoms with Gasteiger partial charge >= 0.3 is 0 Å². The minimum absolute atomic E-state index is 0.177. The molecule has 0 bridgehead atoms. The molecule has 1 aromatic carbocycles. The van der Waals surface area contributed by atoms with Crippen molar-refractivity contribution >= 4 is 11.0 Å². The van der Waals surface area contributed by atoms with Crippen LogP contribution in [0.4, 0.5) is 4.39 Å². The van der Waals surface area contributed by atoms with Crippen LogP contribution >= 0.6 is 0 Å². The van der Waals surface area contributed by atoms with E-state index in [4.69, 9.17) is 15.0 Å². The van der Waals surface area contributed by atoms with Crippen molar-refractivity contribution in [1.82, 2.24) is 5.43 Å². The summed E-state index contributed by atoms with van der Waals surface area (Å²) in [6.45, 7) is 3.17. The highest BCUT2D eigenvalue weighted by Gasteiger charge is 2.16. The Hall–Kier alpha value is -1.43. The van der Waals surface area contributed by atoms with Gasteiger partial charge in [0.05, 0.1) is 6.04 Å². The first-order valence-corrected chi connectivity index (χ1v) is 5.98. The van der Waals surface area contributed by atoms with Gasteiger partial charge in [0.2, 0.25) is 0 Å². The van der Waals surface area contributed by atoms with E-state index in [9.17, 15) is 4.39 Å². The van der Waals surface area contributed by atoms with Gasteiger partial charge in [-0.2, -0.15) is 0 Å². The molecule has 1 heterocycles. The maximum absolute atomic E-state index is 13.5. The molecular weight excluding hydrogens is 235 g/mol. The highest BCUT2D eigenvalue weighted by atomic mass is 19.1. The monoisotopic (exact) mass is 252 g/mol. The quantitative estimate of drug-likeness (QED) is 0.471. The van der Waals surface area contributed by atoms with E-state index in [2.05, 4.69) is 5.43 Å². The molecule has 0 saturated carbocycles. The summed E-state index contributed by atoms with van der Waals surface area (Å²) in [7, 11) is 0. The molecule has 2 aromatic rings. The topological polar surface area (TPSA) is 60.4 Å². The summed E-state index contributed by atoms with van der Waals surface area (Å²) in [4.78, 5) is 0. The number of hydrogen-bond donors (Lipinski definition) is 2. The largest absolute Gasteiger partial charge is 0.456 e. The summed E-state index contributed by atoms with van der Waals surface area (Å²) in [5, 5.41) is 0.738. The van der Waals surface area contributed by atoms with Crippen LogP contribution in [0.25, 0.3) is 11.0 Å². The zero-order valence-corrected chi connectivity index (χ0v) is 10.3. The van der Waals surface area contributed by atoms with Gasteiger partial charge < -0.3 is 9.15 Å². The van der Waals surface area contributed by atoms with Crippen LogP contribution in [0.5, 0.6) is 0 Å². The van der Waals surface area contributed by atoms with Crippen LogP contribution < -0.4 is 11.3 Å². The van der Waals surface area contributed by atoms with Crippen molar-refractivity contribution in [1.29, 1.82) is 0 Å². The summed E-state index contributed by atoms with van der Waals surface area (Å²) >= 11 is 0. The van der Waals surface area contributed by atoms with E-state index in [1.165, 1.54) is 6.07 Å². The number of hydrogen-bond acceptors (Lipinski definition) is 4. The lowest BCUT2D eigenvalue weighted by Crippen LogP contribution is -2.28. The molecule has 2 rings (SSSR count). The fourth-order valence-electron chi connectivity index (χ4n) is 1.87. The minimum Gasteiger partial charge on any atom is -0.456 e. The minimum atomic E-state index is -0.362. The van der Waals surface area contributed by atoms with Crippen LogP contribution in [0.15, 0.2) is 28.7 Å². The average molecular weight is 252 g/mol. The summed E-state index contributed by atoms with van der Waals surface area (Å²) in [5.74, 6) is 5.75. The number of rotatable bonds is 6. The smallest absolute Gasteiger partial charge is 0.169 e. The molecule has 0 radical (unpaired) electrons. The lowest BCUT2D eigenvalue weighted by Gasteiger charge is -2.12. The first-order chi connectivity index (χ1) is 8.76. The zero-order valence-electron chi connectivity index (χ0n) is 10.3. The molecular formula is C13H17FN2O2. The van der Waals surface area contributed by atoms with Gasteiger partial charge in [-0.25, -0.2) is 9.82 Å². The van der Waals surface area contributed by atoms with Gasteiger partial charge in [0, 0.05) is 18.6 Å². The van der Waals surface area contributed by atoms with Crippen molar-refractivity contribution in [2.75, 3.05) is 13.2 Å². The third-order valence-electron chi connectivity index (χ3n) is 2.81. The first kappa shape index (κ1) is 13.0. The van der Waals surface area contributed by atoms with Crippen LogP contribution in [0.2, 0.25) is 0 Å². The molecule has 0 spiro atoms. The Labute approximate surface area is 105 Å². The molecule has 0 saturated heterocycles. The highest BCUT2D eigenvalue weighted by Crippen LogP contribution is 2.27. The lowest BCUT2D eigenvalue weighted by molar-refractivity contribution is 0.134. The summed E-state index contributed by atoms with van der Waals surface area (Å²) in [6.07, 6.45) is 0.672. The van der Waals surface area contributed by atoms with Crippen molar-refractivity contribution in [3.8, 4) is 0 Å². The molecule has 1 aromatic heterocycles. The van der Waals surface area contributed by atoms with Crippen LogP contribution in [-0.4, -0.2) is 13.2 Å². The summed E-state index contributed by atoms with van der Waals surface area (Å²) in [6, 6.07) is 6.46. The second-order valence-corrected chi connectivity index (χ2v) is 4.01. The van der Waals surface area contributed by atoms with E-state index in [1.807, 2.05) is 13.0 Å². The van der Waals surface area contributed by atoms with Crippen LogP contribution in [0.1, 0.15) is 25.1 Å². The van der Waals surface area contributed by atoms with E-state index >= 15 is 0 Å². The second kappa shape index (κ2) is 5.95. The molecule has 3 N–H and O–H groups in total. The Morgan fingerprint density at radius 2 is 2.33 bits per heavy atom. The van der Waals surface area contributed by atoms with Crippen molar-refractivity contribution in [3.63, 3.8) is 0 Å². The number of para-hydroxylation sites is 1. The van der Waals surface area contributed by atoms with Gasteiger partial charge in [0.15, 0.2) is 11.4 Å². The van der Waals surface area contributed by atoms with E-state index in [0.717, 1.165) is 5.39 Å². The second-order valence-electron chi connectivity index (χ2n) is 4.01. The molecule has 0 fully saturated rings. The normalized spacial score (nSPS) is 13.1. The third kappa shape index (κ3) is 2.69. The molecule has 5 heteroatoms. The number of benzene rings is 1. The highest BCUT2D eigenvalue weighted by molar-refractivity contribution is 5.78. The SMILES string of the molecule is CCOCCC(NN)c1cc2cccc(F)c2o1. The molecule has 4 nitrogen and oxygen atoms in total. The first-order valence-electron chi connectivity index (χ1n) is 5.98. The van der Waals surface area contributed by atoms with E-state index < -0.39 is 0 Å². The number of halogens is 1. The van der Waals surface area contributed by atoms with Crippen LogP contribution in [0.3, 0.4) is 0 Å². The fourth-order valence-corrected chi connectivity index (χ4v) is 1.87. The molecule has 0 amide bonds. The number of nitrogens with one attached hydrogen (secondary N) is 1. The van der Waals surface area contributed by atoms with Crippen molar-refractivity contribution in [2.24, 2.45) is 5.84 Å². The number of ether oxygens (including phenoxy) is 1. The Bertz CT molecular complexity index is 513. The average Bonchev–Trinajstić information content (AvgIpc) is 2.80. The number of hydrazine groups is 1. The molecule has 0 aliphatic heterocycles. The van der Waals surface area contributed by atoms with Crippen molar-refractivity contribution in [2.45, 2.75) is 19.4 Å². The molecule has 18 heavy (non-hydrogen) atoms. The van der Waals surface area contributed by atoms with Gasteiger partial charge in [-0.1, -0.05) is 12.1 Å². The maximum Gasteiger partial charge on any atom is 0.169 e. The van der Waals surface area contributed by atoms with Crippen molar-refractivity contribution < 1.29 is 13.5 Å². The van der Waals surface area contributed by atoms with Crippen molar-refractivity contribution in [3.05, 3.63) is 35.8 Å². The van der Waals surface area contributed by atoms with Gasteiger partial charge in [0.25, 0.3) is 0 Å². The van der Waals surface area contributed by atoms with E-state index in [-0.39, 0.29) is 17.4 Å².